The van der Waals surface area contributed by atoms with E-state index in [0.29, 0.717) is 11.5 Å². The normalized spacial score (nSPS) is 10.6. The zero-order valence-electron chi connectivity index (χ0n) is 8.45. The molecular formula is C9H9N3O3S. The predicted octanol–water partition coefficient (Wildman–Crippen LogP) is 1.40. The van der Waals surface area contributed by atoms with Crippen molar-refractivity contribution < 1.29 is 14.4 Å². The van der Waals surface area contributed by atoms with Gasteiger partial charge in [0, 0.05) is 24.2 Å². The first-order valence-electron chi connectivity index (χ1n) is 4.45. The van der Waals surface area contributed by atoms with Crippen LogP contribution in [-0.2, 0) is 12.8 Å². The summed E-state index contributed by atoms with van der Waals surface area (Å²) in [4.78, 5) is 11.5. The Bertz CT molecular complexity index is 506. The maximum absolute atomic E-state index is 10.5. The molecule has 2 heterocycles. The molecule has 0 amide bonds. The van der Waals surface area contributed by atoms with Gasteiger partial charge in [0.2, 0.25) is 0 Å². The van der Waals surface area contributed by atoms with E-state index >= 15 is 0 Å². The number of nitrogens with zero attached hydrogens (tertiary/aromatic N) is 3. The number of hydrogen-bond acceptors (Lipinski definition) is 5. The molecule has 6 nitrogen and oxygen atoms in total. The maximum Gasteiger partial charge on any atom is 0.358 e. The summed E-state index contributed by atoms with van der Waals surface area (Å²) >= 11 is 1.51. The number of aryl methyl sites for hydroxylation is 1. The van der Waals surface area contributed by atoms with Crippen LogP contribution >= 0.6 is 11.8 Å². The van der Waals surface area contributed by atoms with E-state index in [-0.39, 0.29) is 5.69 Å². The molecule has 1 N–H and O–H groups in total. The van der Waals surface area contributed by atoms with E-state index in [9.17, 15) is 4.79 Å². The maximum atomic E-state index is 10.5. The SMILES string of the molecule is Cn1cc(SCc2cc(C(=O)O)no2)cn1. The summed E-state index contributed by atoms with van der Waals surface area (Å²) in [7, 11) is 1.83. The van der Waals surface area contributed by atoms with Crippen molar-refractivity contribution in [3.05, 3.63) is 29.9 Å². The predicted molar refractivity (Wildman–Crippen MR) is 56.2 cm³/mol. The number of hydrogen-bond donors (Lipinski definition) is 1. The van der Waals surface area contributed by atoms with Gasteiger partial charge in [-0.05, 0) is 0 Å². The fourth-order valence-electron chi connectivity index (χ4n) is 1.11. The molecule has 84 valence electrons. The molecule has 0 aromatic carbocycles. The minimum Gasteiger partial charge on any atom is -0.476 e. The van der Waals surface area contributed by atoms with Crippen molar-refractivity contribution in [2.24, 2.45) is 7.05 Å². The molecule has 0 unspecified atom stereocenters. The zero-order valence-corrected chi connectivity index (χ0v) is 9.27. The first kappa shape index (κ1) is 10.7. The molecule has 0 fully saturated rings. The van der Waals surface area contributed by atoms with Gasteiger partial charge in [-0.15, -0.1) is 11.8 Å². The molecular weight excluding hydrogens is 230 g/mol. The standard InChI is InChI=1S/C9H9N3O3S/c1-12-4-7(3-10-12)16-5-6-2-8(9(13)14)11-15-6/h2-4H,5H2,1H3,(H,13,14). The Kier molecular flexibility index (Phi) is 2.95. The van der Waals surface area contributed by atoms with Crippen molar-refractivity contribution >= 4 is 17.7 Å². The van der Waals surface area contributed by atoms with Crippen LogP contribution in [0.2, 0.25) is 0 Å². The van der Waals surface area contributed by atoms with Crippen LogP contribution in [0.5, 0.6) is 0 Å². The van der Waals surface area contributed by atoms with Gasteiger partial charge in [0.1, 0.15) is 5.76 Å². The highest BCUT2D eigenvalue weighted by molar-refractivity contribution is 7.98. The number of carboxylic acids is 1. The number of rotatable bonds is 4. The molecule has 7 heteroatoms. The Balaban J connectivity index is 1.97. The second-order valence-corrected chi connectivity index (χ2v) is 4.17. The van der Waals surface area contributed by atoms with E-state index in [1.54, 1.807) is 10.9 Å². The summed E-state index contributed by atoms with van der Waals surface area (Å²) in [5.41, 5.74) is -0.0678. The molecule has 0 aliphatic carbocycles. The Morgan fingerprint density at radius 2 is 2.50 bits per heavy atom. The van der Waals surface area contributed by atoms with Crippen molar-refractivity contribution in [2.75, 3.05) is 0 Å². The first-order valence-corrected chi connectivity index (χ1v) is 5.44. The van der Waals surface area contributed by atoms with Gasteiger partial charge in [-0.1, -0.05) is 5.16 Å². The van der Waals surface area contributed by atoms with Crippen LogP contribution in [-0.4, -0.2) is 26.0 Å². The number of carboxylic acid groups (broad SMARTS) is 1. The molecule has 0 saturated heterocycles. The summed E-state index contributed by atoms with van der Waals surface area (Å²) in [5.74, 6) is -0.0148. The highest BCUT2D eigenvalue weighted by Gasteiger charge is 2.10. The topological polar surface area (TPSA) is 81.2 Å². The minimum atomic E-state index is -1.08. The first-order chi connectivity index (χ1) is 7.65. The average Bonchev–Trinajstić information content (AvgIpc) is 2.83. The number of carbonyl (C=O) groups is 1. The fraction of sp³-hybridized carbons (Fsp3) is 0.222. The van der Waals surface area contributed by atoms with E-state index in [0.717, 1.165) is 4.90 Å². The number of aromatic nitrogens is 3. The minimum absolute atomic E-state index is 0.0678. The van der Waals surface area contributed by atoms with Gasteiger partial charge in [-0.25, -0.2) is 4.79 Å². The lowest BCUT2D eigenvalue weighted by atomic mass is 10.4. The van der Waals surface area contributed by atoms with Gasteiger partial charge in [0.25, 0.3) is 0 Å². The highest BCUT2D eigenvalue weighted by Crippen LogP contribution is 2.22. The van der Waals surface area contributed by atoms with Crippen molar-refractivity contribution in [3.8, 4) is 0 Å². The second-order valence-electron chi connectivity index (χ2n) is 3.12. The second kappa shape index (κ2) is 4.40. The lowest BCUT2D eigenvalue weighted by Gasteiger charge is -1.91. The summed E-state index contributed by atoms with van der Waals surface area (Å²) in [6.07, 6.45) is 3.61. The van der Waals surface area contributed by atoms with Crippen LogP contribution in [0.25, 0.3) is 0 Å². The summed E-state index contributed by atoms with van der Waals surface area (Å²) < 4.78 is 6.58. The summed E-state index contributed by atoms with van der Waals surface area (Å²) in [5, 5.41) is 16.1. The lowest BCUT2D eigenvalue weighted by Crippen LogP contribution is -1.94. The highest BCUT2D eigenvalue weighted by atomic mass is 32.2. The van der Waals surface area contributed by atoms with E-state index in [1.807, 2.05) is 13.2 Å². The molecule has 16 heavy (non-hydrogen) atoms. The van der Waals surface area contributed by atoms with Crippen molar-refractivity contribution in [2.45, 2.75) is 10.6 Å². The van der Waals surface area contributed by atoms with Crippen LogP contribution in [0, 0.1) is 0 Å². The Labute approximate surface area is 95.2 Å². The van der Waals surface area contributed by atoms with Crippen LogP contribution < -0.4 is 0 Å². The number of aromatic carboxylic acids is 1. The number of thioether (sulfide) groups is 1. The van der Waals surface area contributed by atoms with Crippen LogP contribution in [0.3, 0.4) is 0 Å². The Morgan fingerprint density at radius 1 is 1.69 bits per heavy atom. The monoisotopic (exact) mass is 239 g/mol. The molecule has 0 radical (unpaired) electrons. The van der Waals surface area contributed by atoms with Crippen LogP contribution in [0.4, 0.5) is 0 Å². The fourth-order valence-corrected chi connectivity index (χ4v) is 1.90. The zero-order chi connectivity index (χ0) is 11.5. The van der Waals surface area contributed by atoms with Gasteiger partial charge >= 0.3 is 5.97 Å². The molecule has 2 aromatic rings. The van der Waals surface area contributed by atoms with E-state index in [2.05, 4.69) is 10.3 Å². The van der Waals surface area contributed by atoms with Crippen LogP contribution in [0.1, 0.15) is 16.2 Å². The van der Waals surface area contributed by atoms with E-state index in [4.69, 9.17) is 9.63 Å². The molecule has 0 atom stereocenters. The third-order valence-corrected chi connectivity index (χ3v) is 2.81. The third-order valence-electron chi connectivity index (χ3n) is 1.84. The largest absolute Gasteiger partial charge is 0.476 e. The smallest absolute Gasteiger partial charge is 0.358 e. The van der Waals surface area contributed by atoms with E-state index in [1.165, 1.54) is 17.8 Å². The van der Waals surface area contributed by atoms with Gasteiger partial charge in [0.15, 0.2) is 5.69 Å². The van der Waals surface area contributed by atoms with Gasteiger partial charge in [-0.3, -0.25) is 4.68 Å². The Morgan fingerprint density at radius 3 is 3.06 bits per heavy atom. The van der Waals surface area contributed by atoms with Crippen molar-refractivity contribution in [3.63, 3.8) is 0 Å². The summed E-state index contributed by atoms with van der Waals surface area (Å²) in [6.45, 7) is 0. The Hall–Kier alpha value is -1.76. The van der Waals surface area contributed by atoms with Crippen LogP contribution in [0.15, 0.2) is 27.9 Å². The van der Waals surface area contributed by atoms with Gasteiger partial charge in [-0.2, -0.15) is 5.10 Å². The molecule has 0 aliphatic heterocycles. The molecule has 0 spiro atoms. The van der Waals surface area contributed by atoms with Crippen molar-refractivity contribution in [1.29, 1.82) is 0 Å². The van der Waals surface area contributed by atoms with E-state index < -0.39 is 5.97 Å². The molecule has 2 rings (SSSR count). The van der Waals surface area contributed by atoms with Gasteiger partial charge in [0.05, 0.1) is 11.9 Å². The quantitative estimate of drug-likeness (QED) is 0.812. The molecule has 2 aromatic heterocycles. The molecule has 0 aliphatic rings. The summed E-state index contributed by atoms with van der Waals surface area (Å²) in [6, 6.07) is 1.42. The molecule has 0 saturated carbocycles. The van der Waals surface area contributed by atoms with Gasteiger partial charge < -0.3 is 9.63 Å². The molecule has 0 bridgehead atoms. The average molecular weight is 239 g/mol. The van der Waals surface area contributed by atoms with Crippen molar-refractivity contribution in [1.82, 2.24) is 14.9 Å². The lowest BCUT2D eigenvalue weighted by molar-refractivity contribution is 0.0685. The third kappa shape index (κ3) is 2.43.